The molecule has 1 aromatic heterocycles. The number of nitrogens with zero attached hydrogens (tertiary/aromatic N) is 1. The van der Waals surface area contributed by atoms with Crippen molar-refractivity contribution in [1.82, 2.24) is 10.3 Å². The van der Waals surface area contributed by atoms with Crippen molar-refractivity contribution in [2.24, 2.45) is 0 Å². The standard InChI is InChI=1S/C19H22N2O5/c1-19(12-17(22)26-4,13-7-9-20-10-8-13)21-18(23)15-6-5-14(24-2)11-16(15)25-3/h5-11H,12H2,1-4H3,(H,21,23)/t19-/m0/s1. The van der Waals surface area contributed by atoms with Crippen LogP contribution in [0.2, 0.25) is 0 Å². The number of carbonyl (C=O) groups excluding carboxylic acids is 2. The topological polar surface area (TPSA) is 86.8 Å². The maximum atomic E-state index is 12.9. The number of methoxy groups -OCH3 is 3. The van der Waals surface area contributed by atoms with Crippen LogP contribution in [-0.4, -0.2) is 38.2 Å². The van der Waals surface area contributed by atoms with E-state index >= 15 is 0 Å². The zero-order chi connectivity index (χ0) is 19.2. The molecule has 7 heteroatoms. The van der Waals surface area contributed by atoms with Crippen molar-refractivity contribution >= 4 is 11.9 Å². The third-order valence-corrected chi connectivity index (χ3v) is 4.09. The molecule has 0 saturated heterocycles. The molecule has 0 aliphatic rings. The van der Waals surface area contributed by atoms with E-state index in [4.69, 9.17) is 14.2 Å². The molecule has 0 fully saturated rings. The Labute approximate surface area is 152 Å². The number of nitrogens with one attached hydrogen (secondary N) is 1. The Morgan fingerprint density at radius 3 is 2.35 bits per heavy atom. The number of rotatable bonds is 7. The lowest BCUT2D eigenvalue weighted by Crippen LogP contribution is -2.45. The zero-order valence-corrected chi connectivity index (χ0v) is 15.2. The third-order valence-electron chi connectivity index (χ3n) is 4.09. The van der Waals surface area contributed by atoms with E-state index in [0.717, 1.165) is 5.56 Å². The lowest BCUT2D eigenvalue weighted by atomic mass is 9.88. The van der Waals surface area contributed by atoms with Gasteiger partial charge in [-0.15, -0.1) is 0 Å². The summed E-state index contributed by atoms with van der Waals surface area (Å²) in [6.45, 7) is 1.76. The average molecular weight is 358 g/mol. The Bertz CT molecular complexity index is 779. The van der Waals surface area contributed by atoms with Crippen molar-refractivity contribution in [2.75, 3.05) is 21.3 Å². The highest BCUT2D eigenvalue weighted by Crippen LogP contribution is 2.28. The fourth-order valence-electron chi connectivity index (χ4n) is 2.60. The Hall–Kier alpha value is -3.09. The number of carbonyl (C=O) groups is 2. The van der Waals surface area contributed by atoms with Gasteiger partial charge in [-0.05, 0) is 36.8 Å². The Morgan fingerprint density at radius 2 is 1.77 bits per heavy atom. The van der Waals surface area contributed by atoms with E-state index in [0.29, 0.717) is 17.1 Å². The molecule has 1 heterocycles. The zero-order valence-electron chi connectivity index (χ0n) is 15.2. The van der Waals surface area contributed by atoms with Gasteiger partial charge >= 0.3 is 5.97 Å². The van der Waals surface area contributed by atoms with Crippen molar-refractivity contribution in [1.29, 1.82) is 0 Å². The molecule has 2 aromatic rings. The van der Waals surface area contributed by atoms with E-state index in [1.807, 2.05) is 0 Å². The number of amides is 1. The molecule has 26 heavy (non-hydrogen) atoms. The van der Waals surface area contributed by atoms with E-state index < -0.39 is 11.5 Å². The quantitative estimate of drug-likeness (QED) is 0.765. The summed E-state index contributed by atoms with van der Waals surface area (Å²) in [5, 5.41) is 2.92. The van der Waals surface area contributed by atoms with Gasteiger partial charge in [-0.2, -0.15) is 0 Å². The summed E-state index contributed by atoms with van der Waals surface area (Å²) in [4.78, 5) is 28.8. The fourth-order valence-corrected chi connectivity index (χ4v) is 2.60. The number of esters is 1. The van der Waals surface area contributed by atoms with Gasteiger partial charge in [-0.1, -0.05) is 0 Å². The molecular formula is C19H22N2O5. The number of aromatic nitrogens is 1. The Kier molecular flexibility index (Phi) is 6.16. The lowest BCUT2D eigenvalue weighted by Gasteiger charge is -2.30. The molecule has 0 aliphatic carbocycles. The van der Waals surface area contributed by atoms with E-state index in [9.17, 15) is 9.59 Å². The third kappa shape index (κ3) is 4.30. The maximum Gasteiger partial charge on any atom is 0.308 e. The molecule has 0 bridgehead atoms. The molecule has 7 nitrogen and oxygen atoms in total. The first-order valence-electron chi connectivity index (χ1n) is 7.95. The SMILES string of the molecule is COC(=O)C[C@](C)(NC(=O)c1ccc(OC)cc1OC)c1ccncc1. The van der Waals surface area contributed by atoms with Crippen molar-refractivity contribution in [3.63, 3.8) is 0 Å². The van der Waals surface area contributed by atoms with Crippen LogP contribution in [0.5, 0.6) is 11.5 Å². The largest absolute Gasteiger partial charge is 0.497 e. The highest BCUT2D eigenvalue weighted by molar-refractivity contribution is 5.98. The van der Waals surface area contributed by atoms with E-state index in [1.165, 1.54) is 21.3 Å². The minimum Gasteiger partial charge on any atom is -0.497 e. The van der Waals surface area contributed by atoms with Crippen LogP contribution in [0.1, 0.15) is 29.3 Å². The van der Waals surface area contributed by atoms with Crippen molar-refractivity contribution in [3.05, 3.63) is 53.9 Å². The predicted molar refractivity (Wildman–Crippen MR) is 95.2 cm³/mol. The van der Waals surface area contributed by atoms with Crippen molar-refractivity contribution in [3.8, 4) is 11.5 Å². The maximum absolute atomic E-state index is 12.9. The first-order chi connectivity index (χ1) is 12.4. The van der Waals surface area contributed by atoms with Gasteiger partial charge in [-0.3, -0.25) is 14.6 Å². The van der Waals surface area contributed by atoms with Crippen molar-refractivity contribution in [2.45, 2.75) is 18.9 Å². The van der Waals surface area contributed by atoms with E-state index in [1.54, 1.807) is 49.6 Å². The number of ether oxygens (including phenoxy) is 3. The van der Waals surface area contributed by atoms with Crippen LogP contribution in [0, 0.1) is 0 Å². The molecule has 0 unspecified atom stereocenters. The summed E-state index contributed by atoms with van der Waals surface area (Å²) in [7, 11) is 4.32. The second-order valence-electron chi connectivity index (χ2n) is 5.84. The summed E-state index contributed by atoms with van der Waals surface area (Å²) in [6, 6.07) is 8.39. The van der Waals surface area contributed by atoms with Crippen LogP contribution >= 0.6 is 0 Å². The summed E-state index contributed by atoms with van der Waals surface area (Å²) in [5.74, 6) is 0.126. The molecule has 1 N–H and O–H groups in total. The van der Waals surface area contributed by atoms with Gasteiger partial charge in [0.15, 0.2) is 0 Å². The predicted octanol–water partition coefficient (Wildman–Crippen LogP) is 2.31. The molecule has 0 aliphatic heterocycles. The van der Waals surface area contributed by atoms with Gasteiger partial charge in [-0.25, -0.2) is 0 Å². The summed E-state index contributed by atoms with van der Waals surface area (Å²) in [5.41, 5.74) is 0.0927. The lowest BCUT2D eigenvalue weighted by molar-refractivity contribution is -0.142. The van der Waals surface area contributed by atoms with Crippen molar-refractivity contribution < 1.29 is 23.8 Å². The fraction of sp³-hybridized carbons (Fsp3) is 0.316. The summed E-state index contributed by atoms with van der Waals surface area (Å²) >= 11 is 0. The second kappa shape index (κ2) is 8.33. The molecular weight excluding hydrogens is 336 g/mol. The molecule has 1 aromatic carbocycles. The van der Waals surface area contributed by atoms with Gasteiger partial charge in [0.05, 0.1) is 38.9 Å². The van der Waals surface area contributed by atoms with Gasteiger partial charge < -0.3 is 19.5 Å². The van der Waals surface area contributed by atoms with Gasteiger partial charge in [0.25, 0.3) is 5.91 Å². The molecule has 0 spiro atoms. The van der Waals surface area contributed by atoms with Crippen LogP contribution in [0.15, 0.2) is 42.7 Å². The van der Waals surface area contributed by atoms with Crippen LogP contribution in [0.3, 0.4) is 0 Å². The van der Waals surface area contributed by atoms with E-state index in [-0.39, 0.29) is 12.3 Å². The van der Waals surface area contributed by atoms with Crippen LogP contribution in [0.25, 0.3) is 0 Å². The second-order valence-corrected chi connectivity index (χ2v) is 5.84. The molecule has 0 saturated carbocycles. The average Bonchev–Trinajstić information content (AvgIpc) is 2.67. The highest BCUT2D eigenvalue weighted by Gasteiger charge is 2.33. The van der Waals surface area contributed by atoms with Gasteiger partial charge in [0.2, 0.25) is 0 Å². The minimum absolute atomic E-state index is 0.0300. The normalized spacial score (nSPS) is 12.6. The first kappa shape index (κ1) is 19.2. The highest BCUT2D eigenvalue weighted by atomic mass is 16.5. The van der Waals surface area contributed by atoms with Crippen LogP contribution in [0.4, 0.5) is 0 Å². The number of hydrogen-bond acceptors (Lipinski definition) is 6. The number of benzene rings is 1. The molecule has 0 radical (unpaired) electrons. The molecule has 1 atom stereocenters. The minimum atomic E-state index is -0.974. The summed E-state index contributed by atoms with van der Waals surface area (Å²) in [6.07, 6.45) is 3.17. The summed E-state index contributed by atoms with van der Waals surface area (Å²) < 4.78 is 15.2. The van der Waals surface area contributed by atoms with Crippen LogP contribution < -0.4 is 14.8 Å². The van der Waals surface area contributed by atoms with Crippen LogP contribution in [-0.2, 0) is 15.1 Å². The van der Waals surface area contributed by atoms with Gasteiger partial charge in [0, 0.05) is 18.5 Å². The smallest absolute Gasteiger partial charge is 0.308 e. The molecule has 2 rings (SSSR count). The monoisotopic (exact) mass is 358 g/mol. The van der Waals surface area contributed by atoms with E-state index in [2.05, 4.69) is 10.3 Å². The number of hydrogen-bond donors (Lipinski definition) is 1. The Morgan fingerprint density at radius 1 is 1.08 bits per heavy atom. The number of pyridine rings is 1. The Balaban J connectivity index is 2.36. The molecule has 138 valence electrons. The van der Waals surface area contributed by atoms with Gasteiger partial charge in [0.1, 0.15) is 11.5 Å². The first-order valence-corrected chi connectivity index (χ1v) is 7.95. The molecule has 1 amide bonds.